The maximum atomic E-state index is 6.23. The molecule has 6 heteroatoms. The van der Waals surface area contributed by atoms with Gasteiger partial charge in [0, 0.05) is 20.6 Å². The molecule has 0 aliphatic rings. The Morgan fingerprint density at radius 3 is 2.30 bits per heavy atom. The second-order valence-electron chi connectivity index (χ2n) is 4.15. The third-order valence-corrected chi connectivity index (χ3v) is 3.76. The Morgan fingerprint density at radius 1 is 1.00 bits per heavy atom. The van der Waals surface area contributed by atoms with E-state index in [4.69, 9.17) is 45.4 Å². The minimum absolute atomic E-state index is 0.353. The number of halogens is 3. The fraction of sp³-hybridized carbons (Fsp3) is 0.143. The highest BCUT2D eigenvalue weighted by Gasteiger charge is 2.20. The van der Waals surface area contributed by atoms with Gasteiger partial charge >= 0.3 is 0 Å². The molecular formula is C14H13Cl3N2O. The molecule has 2 aromatic rings. The van der Waals surface area contributed by atoms with Crippen molar-refractivity contribution in [2.75, 3.05) is 7.11 Å². The lowest BCUT2D eigenvalue weighted by Gasteiger charge is -2.21. The van der Waals surface area contributed by atoms with E-state index < -0.39 is 0 Å². The highest BCUT2D eigenvalue weighted by molar-refractivity contribution is 6.33. The number of rotatable bonds is 4. The quantitative estimate of drug-likeness (QED) is 0.652. The van der Waals surface area contributed by atoms with Crippen LogP contribution in [0.4, 0.5) is 0 Å². The van der Waals surface area contributed by atoms with E-state index in [2.05, 4.69) is 5.43 Å². The average molecular weight is 332 g/mol. The summed E-state index contributed by atoms with van der Waals surface area (Å²) in [6, 6.07) is 10.2. The van der Waals surface area contributed by atoms with Gasteiger partial charge in [-0.3, -0.25) is 5.84 Å². The summed E-state index contributed by atoms with van der Waals surface area (Å²) in [4.78, 5) is 0. The van der Waals surface area contributed by atoms with E-state index in [1.165, 1.54) is 0 Å². The molecule has 0 aromatic heterocycles. The fourth-order valence-electron chi connectivity index (χ4n) is 2.01. The second kappa shape index (κ2) is 6.66. The number of nitrogens with two attached hydrogens (primary N) is 1. The number of nitrogens with one attached hydrogen (secondary N) is 1. The van der Waals surface area contributed by atoms with E-state index in [1.807, 2.05) is 6.07 Å². The normalized spacial score (nSPS) is 12.2. The first kappa shape index (κ1) is 15.4. The lowest BCUT2D eigenvalue weighted by Crippen LogP contribution is -2.29. The number of hydrogen-bond acceptors (Lipinski definition) is 3. The van der Waals surface area contributed by atoms with Crippen LogP contribution in [0.5, 0.6) is 5.75 Å². The van der Waals surface area contributed by atoms with Gasteiger partial charge in [0.15, 0.2) is 0 Å². The van der Waals surface area contributed by atoms with Crippen LogP contribution in [0.15, 0.2) is 36.4 Å². The molecule has 0 saturated carbocycles. The summed E-state index contributed by atoms with van der Waals surface area (Å²) in [5, 5.41) is 1.73. The Morgan fingerprint density at radius 2 is 1.65 bits per heavy atom. The maximum absolute atomic E-state index is 6.23. The Hall–Kier alpha value is -0.970. The number of hydrazine groups is 1. The van der Waals surface area contributed by atoms with Crippen molar-refractivity contribution in [3.8, 4) is 5.75 Å². The first-order valence-corrected chi connectivity index (χ1v) is 6.94. The smallest absolute Gasteiger partial charge is 0.125 e. The molecule has 0 aliphatic carbocycles. The number of methoxy groups -OCH3 is 1. The van der Waals surface area contributed by atoms with Gasteiger partial charge in [-0.05, 0) is 35.9 Å². The molecule has 0 amide bonds. The summed E-state index contributed by atoms with van der Waals surface area (Å²) in [7, 11) is 1.57. The van der Waals surface area contributed by atoms with E-state index in [0.717, 1.165) is 11.1 Å². The summed E-state index contributed by atoms with van der Waals surface area (Å²) >= 11 is 18.2. The molecule has 106 valence electrons. The van der Waals surface area contributed by atoms with Crippen molar-refractivity contribution in [1.29, 1.82) is 0 Å². The van der Waals surface area contributed by atoms with E-state index in [-0.39, 0.29) is 6.04 Å². The van der Waals surface area contributed by atoms with Crippen molar-refractivity contribution < 1.29 is 4.74 Å². The van der Waals surface area contributed by atoms with Gasteiger partial charge in [-0.15, -0.1) is 0 Å². The van der Waals surface area contributed by atoms with Crippen molar-refractivity contribution in [3.63, 3.8) is 0 Å². The molecule has 2 rings (SSSR count). The van der Waals surface area contributed by atoms with Crippen molar-refractivity contribution in [2.45, 2.75) is 6.04 Å². The standard InChI is InChI=1S/C14H13Cl3N2O/c1-20-13-7-9(16)2-4-10(13)14(19-18)11-6-8(15)3-5-12(11)17/h2-7,14,19H,18H2,1H3. The van der Waals surface area contributed by atoms with Crippen LogP contribution in [-0.2, 0) is 0 Å². The summed E-state index contributed by atoms with van der Waals surface area (Å²) in [5.74, 6) is 6.30. The van der Waals surface area contributed by atoms with Gasteiger partial charge < -0.3 is 4.74 Å². The zero-order valence-electron chi connectivity index (χ0n) is 10.7. The summed E-state index contributed by atoms with van der Waals surface area (Å²) in [6.07, 6.45) is 0. The fourth-order valence-corrected chi connectivity index (χ4v) is 2.58. The monoisotopic (exact) mass is 330 g/mol. The first-order valence-electron chi connectivity index (χ1n) is 5.81. The maximum Gasteiger partial charge on any atom is 0.125 e. The van der Waals surface area contributed by atoms with Crippen LogP contribution in [0, 0.1) is 0 Å². The summed E-state index contributed by atoms with van der Waals surface area (Å²) < 4.78 is 5.34. The third kappa shape index (κ3) is 3.19. The van der Waals surface area contributed by atoms with E-state index >= 15 is 0 Å². The van der Waals surface area contributed by atoms with Gasteiger partial charge in [-0.25, -0.2) is 5.43 Å². The Bertz CT molecular complexity index is 619. The van der Waals surface area contributed by atoms with Crippen LogP contribution < -0.4 is 16.0 Å². The zero-order valence-corrected chi connectivity index (χ0v) is 12.9. The number of benzene rings is 2. The third-order valence-electron chi connectivity index (χ3n) is 2.94. The highest BCUT2D eigenvalue weighted by Crippen LogP contribution is 2.35. The van der Waals surface area contributed by atoms with Crippen molar-refractivity contribution in [3.05, 3.63) is 62.6 Å². The summed E-state index contributed by atoms with van der Waals surface area (Å²) in [5.41, 5.74) is 4.32. The van der Waals surface area contributed by atoms with Gasteiger partial charge in [0.2, 0.25) is 0 Å². The molecule has 0 fully saturated rings. The predicted octanol–water partition coefficient (Wildman–Crippen LogP) is 4.21. The molecule has 3 nitrogen and oxygen atoms in total. The Kier molecular flexibility index (Phi) is 5.13. The molecule has 3 N–H and O–H groups in total. The first-order chi connectivity index (χ1) is 9.56. The van der Waals surface area contributed by atoms with Crippen LogP contribution in [0.2, 0.25) is 15.1 Å². The second-order valence-corrected chi connectivity index (χ2v) is 5.43. The topological polar surface area (TPSA) is 47.3 Å². The van der Waals surface area contributed by atoms with Crippen LogP contribution in [-0.4, -0.2) is 7.11 Å². The molecule has 0 aliphatic heterocycles. The number of ether oxygens (including phenoxy) is 1. The molecule has 20 heavy (non-hydrogen) atoms. The minimum Gasteiger partial charge on any atom is -0.496 e. The highest BCUT2D eigenvalue weighted by atomic mass is 35.5. The lowest BCUT2D eigenvalue weighted by atomic mass is 9.98. The Balaban J connectivity index is 2.55. The average Bonchev–Trinajstić information content (AvgIpc) is 2.44. The van der Waals surface area contributed by atoms with E-state index in [1.54, 1.807) is 37.4 Å². The lowest BCUT2D eigenvalue weighted by molar-refractivity contribution is 0.404. The van der Waals surface area contributed by atoms with Crippen molar-refractivity contribution in [1.82, 2.24) is 5.43 Å². The molecular weight excluding hydrogens is 319 g/mol. The molecule has 1 atom stereocenters. The van der Waals surface area contributed by atoms with Gasteiger partial charge in [0.1, 0.15) is 5.75 Å². The largest absolute Gasteiger partial charge is 0.496 e. The SMILES string of the molecule is COc1cc(Cl)ccc1C(NN)c1cc(Cl)ccc1Cl. The van der Waals surface area contributed by atoms with E-state index in [0.29, 0.717) is 20.8 Å². The molecule has 0 spiro atoms. The van der Waals surface area contributed by atoms with Gasteiger partial charge in [-0.1, -0.05) is 40.9 Å². The van der Waals surface area contributed by atoms with Crippen LogP contribution >= 0.6 is 34.8 Å². The van der Waals surface area contributed by atoms with Gasteiger partial charge in [-0.2, -0.15) is 0 Å². The van der Waals surface area contributed by atoms with Crippen molar-refractivity contribution in [2.24, 2.45) is 5.84 Å². The minimum atomic E-state index is -0.353. The number of hydrogen-bond donors (Lipinski definition) is 2. The van der Waals surface area contributed by atoms with Crippen LogP contribution in [0.25, 0.3) is 0 Å². The van der Waals surface area contributed by atoms with Gasteiger partial charge in [0.05, 0.1) is 13.2 Å². The molecule has 0 bridgehead atoms. The van der Waals surface area contributed by atoms with Gasteiger partial charge in [0.25, 0.3) is 0 Å². The van der Waals surface area contributed by atoms with E-state index in [9.17, 15) is 0 Å². The molecule has 0 radical (unpaired) electrons. The molecule has 2 aromatic carbocycles. The Labute approximate surface area is 132 Å². The van der Waals surface area contributed by atoms with Crippen LogP contribution in [0.3, 0.4) is 0 Å². The molecule has 0 saturated heterocycles. The summed E-state index contributed by atoms with van der Waals surface area (Å²) in [6.45, 7) is 0. The van der Waals surface area contributed by atoms with Crippen molar-refractivity contribution >= 4 is 34.8 Å². The van der Waals surface area contributed by atoms with Crippen LogP contribution in [0.1, 0.15) is 17.2 Å². The predicted molar refractivity (Wildman–Crippen MR) is 83.6 cm³/mol. The molecule has 0 heterocycles. The molecule has 1 unspecified atom stereocenters. The zero-order chi connectivity index (χ0) is 14.7.